The number of nitro benzene ring substituents is 1. The number of benzene rings is 4. The number of carbonyl (C=O) groups is 3. The Morgan fingerprint density at radius 1 is 0.778 bits per heavy atom. The number of nitrogens with one attached hydrogen (secondary N) is 2. The smallest absolute Gasteiger partial charge is 0.343 e. The van der Waals surface area contributed by atoms with Crippen LogP contribution < -0.4 is 25.0 Å². The van der Waals surface area contributed by atoms with E-state index in [0.717, 1.165) is 17.8 Å². The largest absolute Gasteiger partial charge is 0.490 e. The van der Waals surface area contributed by atoms with Gasteiger partial charge in [-0.2, -0.15) is 5.10 Å². The van der Waals surface area contributed by atoms with Crippen LogP contribution in [0, 0.1) is 17.0 Å². The van der Waals surface area contributed by atoms with Crippen molar-refractivity contribution in [2.24, 2.45) is 5.10 Å². The number of hydrogen-bond donors (Lipinski definition) is 2. The third kappa shape index (κ3) is 8.51. The van der Waals surface area contributed by atoms with Gasteiger partial charge in [-0.15, -0.1) is 0 Å². The number of nitro groups is 1. The first kappa shape index (κ1) is 31.9. The Balaban J connectivity index is 1.45. The van der Waals surface area contributed by atoms with Crippen LogP contribution in [0.15, 0.2) is 90.0 Å². The van der Waals surface area contributed by atoms with Crippen LogP contribution >= 0.6 is 0 Å². The summed E-state index contributed by atoms with van der Waals surface area (Å²) >= 11 is 0. The number of rotatable bonds is 12. The first-order valence-corrected chi connectivity index (χ1v) is 13.9. The van der Waals surface area contributed by atoms with Crippen LogP contribution in [0.2, 0.25) is 0 Å². The summed E-state index contributed by atoms with van der Waals surface area (Å²) in [5.41, 5.74) is 4.57. The molecule has 0 heterocycles. The van der Waals surface area contributed by atoms with E-state index in [4.69, 9.17) is 14.2 Å². The van der Waals surface area contributed by atoms with Crippen molar-refractivity contribution in [2.75, 3.05) is 18.5 Å². The molecule has 12 nitrogen and oxygen atoms in total. The van der Waals surface area contributed by atoms with Crippen LogP contribution in [0.4, 0.5) is 11.4 Å². The fourth-order valence-electron chi connectivity index (χ4n) is 4.02. The molecule has 45 heavy (non-hydrogen) atoms. The lowest BCUT2D eigenvalue weighted by molar-refractivity contribution is -0.384. The third-order valence-corrected chi connectivity index (χ3v) is 6.27. The highest BCUT2D eigenvalue weighted by Crippen LogP contribution is 2.30. The summed E-state index contributed by atoms with van der Waals surface area (Å²) < 4.78 is 16.6. The van der Waals surface area contributed by atoms with Crippen molar-refractivity contribution in [3.8, 4) is 17.2 Å². The maximum atomic E-state index is 13.0. The number of hydrogen-bond acceptors (Lipinski definition) is 9. The molecule has 0 bridgehead atoms. The molecule has 0 radical (unpaired) electrons. The molecule has 2 N–H and O–H groups in total. The van der Waals surface area contributed by atoms with Gasteiger partial charge >= 0.3 is 5.97 Å². The van der Waals surface area contributed by atoms with Crippen LogP contribution in [0.5, 0.6) is 17.2 Å². The molecule has 12 heteroatoms. The zero-order valence-electron chi connectivity index (χ0n) is 24.7. The lowest BCUT2D eigenvalue weighted by Crippen LogP contribution is -2.18. The van der Waals surface area contributed by atoms with Crippen LogP contribution in [-0.4, -0.2) is 42.1 Å². The summed E-state index contributed by atoms with van der Waals surface area (Å²) in [4.78, 5) is 48.9. The van der Waals surface area contributed by atoms with E-state index in [-0.39, 0.29) is 34.0 Å². The van der Waals surface area contributed by atoms with Gasteiger partial charge in [-0.05, 0) is 81.4 Å². The van der Waals surface area contributed by atoms with Gasteiger partial charge in [0.05, 0.1) is 29.9 Å². The minimum Gasteiger partial charge on any atom is -0.490 e. The van der Waals surface area contributed by atoms with Crippen LogP contribution in [0.25, 0.3) is 0 Å². The Labute approximate surface area is 258 Å². The van der Waals surface area contributed by atoms with Gasteiger partial charge in [0, 0.05) is 34.5 Å². The number of ether oxygens (including phenoxy) is 3. The molecule has 2 amide bonds. The van der Waals surface area contributed by atoms with Crippen molar-refractivity contribution in [2.45, 2.75) is 20.8 Å². The molecule has 0 atom stereocenters. The Morgan fingerprint density at radius 2 is 1.38 bits per heavy atom. The number of aryl methyl sites for hydroxylation is 1. The second-order valence-corrected chi connectivity index (χ2v) is 9.49. The van der Waals surface area contributed by atoms with Crippen molar-refractivity contribution in [3.63, 3.8) is 0 Å². The first-order valence-electron chi connectivity index (χ1n) is 13.9. The standard InChI is InChI=1S/C33H30N4O8/c1-4-43-29-16-12-24(19-30(29)44-5-2)33(40)45-28-17-15-27(37(41)42)18-25(28)20-34-36-32(39)23-10-13-26(14-11-23)35-31(38)22-8-6-21(3)7-9-22/h6-20H,4-5H2,1-3H3,(H,35,38)(H,36,39)/b34-20+. The van der Waals surface area contributed by atoms with E-state index < -0.39 is 16.8 Å². The molecule has 0 unspecified atom stereocenters. The summed E-state index contributed by atoms with van der Waals surface area (Å²) in [5.74, 6) is -0.808. The predicted octanol–water partition coefficient (Wildman–Crippen LogP) is 5.94. The highest BCUT2D eigenvalue weighted by atomic mass is 16.6. The Morgan fingerprint density at radius 3 is 2.04 bits per heavy atom. The first-order chi connectivity index (χ1) is 21.7. The molecule has 4 aromatic rings. The topological polar surface area (TPSA) is 158 Å². The number of anilines is 1. The van der Waals surface area contributed by atoms with Crippen molar-refractivity contribution >= 4 is 35.4 Å². The van der Waals surface area contributed by atoms with Gasteiger partial charge in [-0.25, -0.2) is 10.2 Å². The number of esters is 1. The summed E-state index contributed by atoms with van der Waals surface area (Å²) in [6, 6.07) is 21.4. The SMILES string of the molecule is CCOc1ccc(C(=O)Oc2ccc([N+](=O)[O-])cc2/C=N/NC(=O)c2ccc(NC(=O)c3ccc(C)cc3)cc2)cc1OCC. The van der Waals surface area contributed by atoms with E-state index in [9.17, 15) is 24.5 Å². The molecule has 230 valence electrons. The monoisotopic (exact) mass is 610 g/mol. The molecule has 4 aromatic carbocycles. The summed E-state index contributed by atoms with van der Waals surface area (Å²) in [7, 11) is 0. The molecular formula is C33H30N4O8. The Bertz CT molecular complexity index is 1740. The maximum absolute atomic E-state index is 13.0. The lowest BCUT2D eigenvalue weighted by Gasteiger charge is -2.12. The number of hydrazone groups is 1. The minimum atomic E-state index is -0.749. The number of amides is 2. The van der Waals surface area contributed by atoms with Gasteiger partial charge in [0.1, 0.15) is 5.75 Å². The molecule has 0 aromatic heterocycles. The van der Waals surface area contributed by atoms with Gasteiger partial charge in [0.15, 0.2) is 11.5 Å². The Hall–Kier alpha value is -6.04. The third-order valence-electron chi connectivity index (χ3n) is 6.27. The minimum absolute atomic E-state index is 0.0240. The molecule has 0 spiro atoms. The second kappa shape index (κ2) is 14.9. The molecular weight excluding hydrogens is 580 g/mol. The quantitative estimate of drug-likeness (QED) is 0.0656. The van der Waals surface area contributed by atoms with Gasteiger partial charge in [-0.3, -0.25) is 19.7 Å². The molecule has 0 aliphatic carbocycles. The van der Waals surface area contributed by atoms with Crippen LogP contribution in [0.3, 0.4) is 0 Å². The normalized spacial score (nSPS) is 10.6. The average Bonchev–Trinajstić information content (AvgIpc) is 3.03. The van der Waals surface area contributed by atoms with Crippen LogP contribution in [-0.2, 0) is 0 Å². The molecule has 0 fully saturated rings. The van der Waals surface area contributed by atoms with Crippen molar-refractivity contribution < 1.29 is 33.5 Å². The molecule has 0 saturated carbocycles. The van der Waals surface area contributed by atoms with Gasteiger partial charge in [0.2, 0.25) is 0 Å². The van der Waals surface area contributed by atoms with E-state index >= 15 is 0 Å². The van der Waals surface area contributed by atoms with Crippen molar-refractivity contribution in [3.05, 3.63) is 123 Å². The highest BCUT2D eigenvalue weighted by molar-refractivity contribution is 6.04. The van der Waals surface area contributed by atoms with E-state index in [1.54, 1.807) is 37.3 Å². The average molecular weight is 611 g/mol. The lowest BCUT2D eigenvalue weighted by atomic mass is 10.1. The molecule has 0 aliphatic rings. The fraction of sp³-hybridized carbons (Fsp3) is 0.152. The van der Waals surface area contributed by atoms with Gasteiger partial charge < -0.3 is 19.5 Å². The van der Waals surface area contributed by atoms with E-state index in [1.807, 2.05) is 26.0 Å². The summed E-state index contributed by atoms with van der Waals surface area (Å²) in [6.45, 7) is 6.30. The molecule has 0 aliphatic heterocycles. The molecule has 4 rings (SSSR count). The second-order valence-electron chi connectivity index (χ2n) is 9.49. The zero-order chi connectivity index (χ0) is 32.3. The number of carbonyl (C=O) groups excluding carboxylic acids is 3. The van der Waals surface area contributed by atoms with E-state index in [0.29, 0.717) is 36.0 Å². The highest BCUT2D eigenvalue weighted by Gasteiger charge is 2.17. The Kier molecular flexibility index (Phi) is 10.6. The molecule has 0 saturated heterocycles. The van der Waals surface area contributed by atoms with Crippen molar-refractivity contribution in [1.29, 1.82) is 0 Å². The summed E-state index contributed by atoms with van der Waals surface area (Å²) in [6.07, 6.45) is 1.13. The van der Waals surface area contributed by atoms with E-state index in [2.05, 4.69) is 15.8 Å². The predicted molar refractivity (Wildman–Crippen MR) is 167 cm³/mol. The fourth-order valence-corrected chi connectivity index (χ4v) is 4.02. The van der Waals surface area contributed by atoms with E-state index in [1.165, 1.54) is 36.4 Å². The van der Waals surface area contributed by atoms with Crippen molar-refractivity contribution in [1.82, 2.24) is 5.43 Å². The number of non-ortho nitro benzene ring substituents is 1. The van der Waals surface area contributed by atoms with Crippen LogP contribution in [0.1, 0.15) is 56.0 Å². The maximum Gasteiger partial charge on any atom is 0.343 e. The summed E-state index contributed by atoms with van der Waals surface area (Å²) in [5, 5.41) is 18.0. The number of nitrogens with zero attached hydrogens (tertiary/aromatic N) is 2. The van der Waals surface area contributed by atoms with Gasteiger partial charge in [0.25, 0.3) is 17.5 Å². The zero-order valence-corrected chi connectivity index (χ0v) is 24.7. The van der Waals surface area contributed by atoms with Gasteiger partial charge in [-0.1, -0.05) is 17.7 Å².